The van der Waals surface area contributed by atoms with Gasteiger partial charge in [0.2, 0.25) is 4.77 Å². The van der Waals surface area contributed by atoms with E-state index in [1.807, 2.05) is 0 Å². The first-order chi connectivity index (χ1) is 12.2. The lowest BCUT2D eigenvalue weighted by molar-refractivity contribution is 0.102. The van der Waals surface area contributed by atoms with Gasteiger partial charge in [0.25, 0.3) is 0 Å². The zero-order chi connectivity index (χ0) is 17.2. The van der Waals surface area contributed by atoms with Crippen LogP contribution in [0.3, 0.4) is 0 Å². The molecule has 2 fully saturated rings. The number of nitrogens with zero attached hydrogens (tertiary/aromatic N) is 5. The van der Waals surface area contributed by atoms with E-state index in [9.17, 15) is 0 Å². The number of anilines is 1. The van der Waals surface area contributed by atoms with Crippen molar-refractivity contribution in [2.24, 2.45) is 5.10 Å². The van der Waals surface area contributed by atoms with E-state index in [-0.39, 0.29) is 6.10 Å². The van der Waals surface area contributed by atoms with E-state index >= 15 is 0 Å². The fourth-order valence-electron chi connectivity index (χ4n) is 3.12. The lowest BCUT2D eigenvalue weighted by Gasteiger charge is -2.25. The molecular formula is C15H19ClN6OS2. The minimum absolute atomic E-state index is 0.0639. The third kappa shape index (κ3) is 3.64. The number of piperidine rings is 1. The Morgan fingerprint density at radius 1 is 1.32 bits per heavy atom. The third-order valence-corrected chi connectivity index (χ3v) is 6.12. The van der Waals surface area contributed by atoms with Gasteiger partial charge in [-0.25, -0.2) is 4.98 Å². The van der Waals surface area contributed by atoms with Gasteiger partial charge < -0.3 is 9.64 Å². The van der Waals surface area contributed by atoms with E-state index in [0.29, 0.717) is 15.7 Å². The van der Waals surface area contributed by atoms with Crippen molar-refractivity contribution in [3.05, 3.63) is 20.6 Å². The average Bonchev–Trinajstić information content (AvgIpc) is 3.35. The quantitative estimate of drug-likeness (QED) is 0.626. The second-order valence-electron chi connectivity index (χ2n) is 6.14. The molecule has 0 bridgehead atoms. The van der Waals surface area contributed by atoms with Crippen LogP contribution in [0.5, 0.6) is 0 Å². The molecule has 25 heavy (non-hydrogen) atoms. The van der Waals surface area contributed by atoms with Crippen LogP contribution < -0.4 is 4.90 Å². The van der Waals surface area contributed by atoms with E-state index in [1.165, 1.54) is 19.3 Å². The molecule has 4 rings (SSSR count). The molecule has 2 aromatic rings. The molecule has 2 aromatic heterocycles. The Bertz CT molecular complexity index is 816. The summed E-state index contributed by atoms with van der Waals surface area (Å²) in [5.74, 6) is 0.704. The standard InChI is InChI=1S/C15H19ClN6OS2/c16-12-11(25-15(18-12)21-6-2-1-3-7-21)9-17-22-13(19-20-14(22)24)10-5-4-8-23-10/h9-10H,1-8H2,(H,20,24)/b17-9-/t10-/m1/s1. The summed E-state index contributed by atoms with van der Waals surface area (Å²) in [6, 6.07) is 0. The van der Waals surface area contributed by atoms with Gasteiger partial charge in [0, 0.05) is 19.7 Å². The van der Waals surface area contributed by atoms with Crippen molar-refractivity contribution in [3.63, 3.8) is 0 Å². The first-order valence-electron chi connectivity index (χ1n) is 8.47. The van der Waals surface area contributed by atoms with Gasteiger partial charge in [-0.1, -0.05) is 22.9 Å². The molecule has 4 heterocycles. The Kier molecular flexibility index (Phi) is 5.16. The minimum Gasteiger partial charge on any atom is -0.370 e. The Labute approximate surface area is 159 Å². The van der Waals surface area contributed by atoms with Crippen molar-refractivity contribution in [3.8, 4) is 0 Å². The molecule has 134 valence electrons. The molecule has 0 aliphatic carbocycles. The third-order valence-electron chi connectivity index (χ3n) is 4.41. The molecule has 0 saturated carbocycles. The van der Waals surface area contributed by atoms with Crippen LogP contribution in [-0.4, -0.2) is 45.8 Å². The lowest BCUT2D eigenvalue weighted by Crippen LogP contribution is -2.29. The summed E-state index contributed by atoms with van der Waals surface area (Å²) in [6.45, 7) is 2.82. The summed E-state index contributed by atoms with van der Waals surface area (Å²) in [5.41, 5.74) is 0. The summed E-state index contributed by atoms with van der Waals surface area (Å²) in [4.78, 5) is 7.60. The normalized spacial score (nSPS) is 21.5. The Morgan fingerprint density at radius 2 is 2.16 bits per heavy atom. The van der Waals surface area contributed by atoms with Crippen LogP contribution in [0.25, 0.3) is 0 Å². The van der Waals surface area contributed by atoms with Crippen LogP contribution in [0.1, 0.15) is 48.9 Å². The fourth-order valence-corrected chi connectivity index (χ4v) is 4.47. The van der Waals surface area contributed by atoms with Gasteiger partial charge in [-0.2, -0.15) is 14.9 Å². The molecule has 0 spiro atoms. The summed E-state index contributed by atoms with van der Waals surface area (Å²) in [6.07, 6.45) is 7.28. The number of halogens is 1. The van der Waals surface area contributed by atoms with Crippen molar-refractivity contribution >= 4 is 46.5 Å². The van der Waals surface area contributed by atoms with Crippen LogP contribution in [0.4, 0.5) is 5.13 Å². The number of thiazole rings is 1. The summed E-state index contributed by atoms with van der Waals surface area (Å²) < 4.78 is 7.74. The molecule has 0 radical (unpaired) electrons. The maximum absolute atomic E-state index is 6.31. The number of H-pyrrole nitrogens is 1. The maximum Gasteiger partial charge on any atom is 0.216 e. The van der Waals surface area contributed by atoms with Crippen molar-refractivity contribution < 1.29 is 4.74 Å². The Hall–Kier alpha value is -1.29. The van der Waals surface area contributed by atoms with Gasteiger partial charge in [0.15, 0.2) is 16.1 Å². The number of hydrogen-bond acceptors (Lipinski definition) is 7. The minimum atomic E-state index is -0.0639. The van der Waals surface area contributed by atoms with Gasteiger partial charge in [-0.05, 0) is 44.3 Å². The zero-order valence-corrected chi connectivity index (χ0v) is 16.0. The molecule has 0 unspecified atom stereocenters. The fraction of sp³-hybridized carbons (Fsp3) is 0.600. The first kappa shape index (κ1) is 17.1. The van der Waals surface area contributed by atoms with E-state index in [0.717, 1.165) is 42.5 Å². The van der Waals surface area contributed by atoms with Gasteiger partial charge in [-0.3, -0.25) is 5.10 Å². The molecule has 2 aliphatic rings. The van der Waals surface area contributed by atoms with Gasteiger partial charge in [0.05, 0.1) is 11.1 Å². The summed E-state index contributed by atoms with van der Waals surface area (Å²) in [7, 11) is 0. The smallest absolute Gasteiger partial charge is 0.216 e. The highest BCUT2D eigenvalue weighted by molar-refractivity contribution is 7.71. The number of ether oxygens (including phenoxy) is 1. The largest absolute Gasteiger partial charge is 0.370 e. The van der Waals surface area contributed by atoms with Gasteiger partial charge >= 0.3 is 0 Å². The monoisotopic (exact) mass is 398 g/mol. The van der Waals surface area contributed by atoms with Gasteiger partial charge in [-0.15, -0.1) is 0 Å². The summed E-state index contributed by atoms with van der Waals surface area (Å²) >= 11 is 13.2. The highest BCUT2D eigenvalue weighted by Gasteiger charge is 2.23. The maximum atomic E-state index is 6.31. The predicted octanol–water partition coefficient (Wildman–Crippen LogP) is 3.77. The van der Waals surface area contributed by atoms with E-state index in [2.05, 4.69) is 25.2 Å². The van der Waals surface area contributed by atoms with Crippen LogP contribution in [0.2, 0.25) is 5.15 Å². The van der Waals surface area contributed by atoms with Crippen LogP contribution in [0.15, 0.2) is 5.10 Å². The Balaban J connectivity index is 1.57. The lowest BCUT2D eigenvalue weighted by atomic mass is 10.1. The van der Waals surface area contributed by atoms with Crippen LogP contribution >= 0.6 is 35.2 Å². The number of aromatic amines is 1. The molecular weight excluding hydrogens is 380 g/mol. The van der Waals surface area contributed by atoms with E-state index in [1.54, 1.807) is 22.2 Å². The molecule has 2 saturated heterocycles. The molecule has 0 amide bonds. The topological polar surface area (TPSA) is 71.3 Å². The predicted molar refractivity (Wildman–Crippen MR) is 102 cm³/mol. The van der Waals surface area contributed by atoms with Crippen molar-refractivity contribution in [2.75, 3.05) is 24.6 Å². The number of rotatable bonds is 4. The second-order valence-corrected chi connectivity index (χ2v) is 7.90. The molecule has 1 N–H and O–H groups in total. The molecule has 0 aromatic carbocycles. The average molecular weight is 399 g/mol. The molecule has 7 nitrogen and oxygen atoms in total. The molecule has 10 heteroatoms. The SMILES string of the molecule is S=c1[nH]nc([C@H]2CCCO2)n1/N=C\c1sc(N2CCCCC2)nc1Cl. The van der Waals surface area contributed by atoms with Crippen LogP contribution in [0, 0.1) is 4.77 Å². The number of hydrogen-bond donors (Lipinski definition) is 1. The van der Waals surface area contributed by atoms with E-state index in [4.69, 9.17) is 28.6 Å². The second kappa shape index (κ2) is 7.53. The molecule has 1 atom stereocenters. The van der Waals surface area contributed by atoms with E-state index < -0.39 is 0 Å². The highest BCUT2D eigenvalue weighted by atomic mass is 35.5. The van der Waals surface area contributed by atoms with Crippen LogP contribution in [-0.2, 0) is 4.74 Å². The number of aromatic nitrogens is 4. The zero-order valence-electron chi connectivity index (χ0n) is 13.7. The Morgan fingerprint density at radius 3 is 2.92 bits per heavy atom. The summed E-state index contributed by atoms with van der Waals surface area (Å²) in [5, 5.41) is 13.0. The van der Waals surface area contributed by atoms with Crippen molar-refractivity contribution in [2.45, 2.75) is 38.2 Å². The highest BCUT2D eigenvalue weighted by Crippen LogP contribution is 2.31. The number of nitrogens with one attached hydrogen (secondary N) is 1. The molecule has 2 aliphatic heterocycles. The van der Waals surface area contributed by atoms with Gasteiger partial charge in [0.1, 0.15) is 6.10 Å². The first-order valence-corrected chi connectivity index (χ1v) is 10.1. The van der Waals surface area contributed by atoms with Crippen molar-refractivity contribution in [1.29, 1.82) is 0 Å². The van der Waals surface area contributed by atoms with Crippen molar-refractivity contribution in [1.82, 2.24) is 19.9 Å².